The van der Waals surface area contributed by atoms with Crippen molar-refractivity contribution in [1.82, 2.24) is 5.32 Å². The molecular formula is C16H21NO5. The number of ether oxygens (including phenoxy) is 2. The van der Waals surface area contributed by atoms with Crippen LogP contribution in [0, 0.1) is 0 Å². The second-order valence-electron chi connectivity index (χ2n) is 5.81. The Balaban J connectivity index is 1.81. The molecule has 1 amide bonds. The van der Waals surface area contributed by atoms with Crippen molar-refractivity contribution >= 4 is 11.9 Å². The van der Waals surface area contributed by atoms with Crippen molar-refractivity contribution in [2.75, 3.05) is 13.2 Å². The van der Waals surface area contributed by atoms with Crippen LogP contribution in [0.3, 0.4) is 0 Å². The molecular weight excluding hydrogens is 286 g/mol. The van der Waals surface area contributed by atoms with Gasteiger partial charge in [0.15, 0.2) is 11.5 Å². The zero-order valence-electron chi connectivity index (χ0n) is 12.8. The first-order valence-corrected chi connectivity index (χ1v) is 7.31. The molecule has 2 N–H and O–H groups in total. The fourth-order valence-corrected chi connectivity index (χ4v) is 2.16. The third kappa shape index (κ3) is 4.13. The van der Waals surface area contributed by atoms with E-state index in [0.717, 1.165) is 23.5 Å². The number of hydrogen-bond donors (Lipinski definition) is 2. The van der Waals surface area contributed by atoms with Crippen LogP contribution < -0.4 is 14.8 Å². The lowest BCUT2D eigenvalue weighted by molar-refractivity contribution is -0.146. The second kappa shape index (κ2) is 6.68. The number of nitrogens with one attached hydrogen (secondary N) is 1. The van der Waals surface area contributed by atoms with E-state index in [1.165, 1.54) is 13.8 Å². The van der Waals surface area contributed by atoms with Crippen LogP contribution in [-0.4, -0.2) is 35.7 Å². The molecule has 6 heteroatoms. The highest BCUT2D eigenvalue weighted by Gasteiger charge is 2.28. The van der Waals surface area contributed by atoms with Gasteiger partial charge in [0.2, 0.25) is 5.91 Å². The molecule has 0 unspecified atom stereocenters. The van der Waals surface area contributed by atoms with Crippen LogP contribution in [0.1, 0.15) is 32.3 Å². The fourth-order valence-electron chi connectivity index (χ4n) is 2.16. The van der Waals surface area contributed by atoms with Crippen LogP contribution in [0.4, 0.5) is 0 Å². The lowest BCUT2D eigenvalue weighted by Crippen LogP contribution is -2.49. The first-order valence-electron chi connectivity index (χ1n) is 7.31. The number of carboxylic acid groups (broad SMARTS) is 1. The standard InChI is InChI=1S/C16H21NO5/c1-16(2,15(19)20)17-14(18)5-3-4-11-6-7-12-13(10-11)22-9-8-21-12/h6-7,10H,3-5,8-9H2,1-2H3,(H,17,18)(H,19,20). The van der Waals surface area contributed by atoms with Crippen molar-refractivity contribution in [3.63, 3.8) is 0 Å². The van der Waals surface area contributed by atoms with E-state index in [9.17, 15) is 9.59 Å². The molecule has 0 saturated carbocycles. The Morgan fingerprint density at radius 2 is 1.91 bits per heavy atom. The van der Waals surface area contributed by atoms with Gasteiger partial charge in [0.25, 0.3) is 0 Å². The summed E-state index contributed by atoms with van der Waals surface area (Å²) < 4.78 is 11.0. The number of benzene rings is 1. The molecule has 0 aromatic heterocycles. The largest absolute Gasteiger partial charge is 0.486 e. The Bertz CT molecular complexity index is 568. The van der Waals surface area contributed by atoms with Crippen molar-refractivity contribution in [1.29, 1.82) is 0 Å². The first kappa shape index (κ1) is 16.1. The molecule has 0 bridgehead atoms. The summed E-state index contributed by atoms with van der Waals surface area (Å²) >= 11 is 0. The molecule has 0 fully saturated rings. The average Bonchev–Trinajstić information content (AvgIpc) is 2.46. The summed E-state index contributed by atoms with van der Waals surface area (Å²) in [5.41, 5.74) is -0.178. The predicted octanol–water partition coefficient (Wildman–Crippen LogP) is 1.76. The van der Waals surface area contributed by atoms with E-state index in [1.807, 2.05) is 18.2 Å². The maximum absolute atomic E-state index is 11.8. The van der Waals surface area contributed by atoms with Crippen LogP contribution in [0.15, 0.2) is 18.2 Å². The molecule has 0 radical (unpaired) electrons. The first-order chi connectivity index (χ1) is 10.4. The van der Waals surface area contributed by atoms with E-state index in [0.29, 0.717) is 19.6 Å². The van der Waals surface area contributed by atoms with Crippen molar-refractivity contribution in [3.05, 3.63) is 23.8 Å². The van der Waals surface area contributed by atoms with Crippen molar-refractivity contribution in [2.45, 2.75) is 38.6 Å². The van der Waals surface area contributed by atoms with Crippen LogP contribution in [-0.2, 0) is 16.0 Å². The Morgan fingerprint density at radius 3 is 2.59 bits per heavy atom. The molecule has 0 atom stereocenters. The van der Waals surface area contributed by atoms with Crippen LogP contribution in [0.5, 0.6) is 11.5 Å². The molecule has 0 saturated heterocycles. The van der Waals surface area contributed by atoms with Gasteiger partial charge < -0.3 is 19.9 Å². The average molecular weight is 307 g/mol. The number of carbonyl (C=O) groups excluding carboxylic acids is 1. The fraction of sp³-hybridized carbons (Fsp3) is 0.500. The summed E-state index contributed by atoms with van der Waals surface area (Å²) in [6.45, 7) is 4.04. The van der Waals surface area contributed by atoms with E-state index in [2.05, 4.69) is 5.32 Å². The summed E-state index contributed by atoms with van der Waals surface area (Å²) in [6, 6.07) is 5.75. The van der Waals surface area contributed by atoms with Crippen molar-refractivity contribution < 1.29 is 24.2 Å². The SMILES string of the molecule is CC(C)(NC(=O)CCCc1ccc2c(c1)OCCO2)C(=O)O. The van der Waals surface area contributed by atoms with Crippen molar-refractivity contribution in [2.24, 2.45) is 0 Å². The Labute approximate surface area is 129 Å². The summed E-state index contributed by atoms with van der Waals surface area (Å²) in [5, 5.41) is 11.5. The zero-order chi connectivity index (χ0) is 16.2. The van der Waals surface area contributed by atoms with Gasteiger partial charge in [-0.05, 0) is 44.4 Å². The minimum Gasteiger partial charge on any atom is -0.486 e. The maximum atomic E-state index is 11.8. The molecule has 120 valence electrons. The van der Waals surface area contributed by atoms with Crippen LogP contribution in [0.2, 0.25) is 0 Å². The third-order valence-electron chi connectivity index (χ3n) is 3.46. The van der Waals surface area contributed by atoms with Gasteiger partial charge in [-0.3, -0.25) is 4.79 Å². The molecule has 6 nitrogen and oxygen atoms in total. The Kier molecular flexibility index (Phi) is 4.90. The van der Waals surface area contributed by atoms with E-state index < -0.39 is 11.5 Å². The monoisotopic (exact) mass is 307 g/mol. The van der Waals surface area contributed by atoms with E-state index in [-0.39, 0.29) is 12.3 Å². The second-order valence-corrected chi connectivity index (χ2v) is 5.81. The quantitative estimate of drug-likeness (QED) is 0.836. The van der Waals surface area contributed by atoms with E-state index >= 15 is 0 Å². The summed E-state index contributed by atoms with van der Waals surface area (Å²) in [6.07, 6.45) is 1.64. The molecule has 1 aliphatic rings. The van der Waals surface area contributed by atoms with Crippen LogP contribution >= 0.6 is 0 Å². The van der Waals surface area contributed by atoms with Crippen molar-refractivity contribution in [3.8, 4) is 11.5 Å². The summed E-state index contributed by atoms with van der Waals surface area (Å²) in [4.78, 5) is 22.7. The van der Waals surface area contributed by atoms with Gasteiger partial charge in [0.1, 0.15) is 18.8 Å². The third-order valence-corrected chi connectivity index (χ3v) is 3.46. The van der Waals surface area contributed by atoms with Gasteiger partial charge in [0.05, 0.1) is 0 Å². The van der Waals surface area contributed by atoms with Gasteiger partial charge in [-0.2, -0.15) is 0 Å². The minimum atomic E-state index is -1.24. The smallest absolute Gasteiger partial charge is 0.328 e. The summed E-state index contributed by atoms with van der Waals surface area (Å²) in [5.74, 6) is 0.175. The lowest BCUT2D eigenvalue weighted by atomic mass is 10.0. The number of amides is 1. The maximum Gasteiger partial charge on any atom is 0.328 e. The molecule has 0 spiro atoms. The molecule has 22 heavy (non-hydrogen) atoms. The Morgan fingerprint density at radius 1 is 1.23 bits per heavy atom. The van der Waals surface area contributed by atoms with Gasteiger partial charge in [-0.25, -0.2) is 4.79 Å². The van der Waals surface area contributed by atoms with E-state index in [4.69, 9.17) is 14.6 Å². The molecule has 1 aliphatic heterocycles. The highest BCUT2D eigenvalue weighted by Crippen LogP contribution is 2.31. The summed E-state index contributed by atoms with van der Waals surface area (Å²) in [7, 11) is 0. The van der Waals surface area contributed by atoms with E-state index in [1.54, 1.807) is 0 Å². The zero-order valence-corrected chi connectivity index (χ0v) is 12.8. The topological polar surface area (TPSA) is 84.9 Å². The Hall–Kier alpha value is -2.24. The van der Waals surface area contributed by atoms with Gasteiger partial charge in [-0.15, -0.1) is 0 Å². The molecule has 1 heterocycles. The number of aliphatic carboxylic acids is 1. The highest BCUT2D eigenvalue weighted by atomic mass is 16.6. The molecule has 0 aliphatic carbocycles. The minimum absolute atomic E-state index is 0.259. The normalized spacial score (nSPS) is 13.5. The molecule has 1 aromatic rings. The van der Waals surface area contributed by atoms with Gasteiger partial charge in [0, 0.05) is 6.42 Å². The van der Waals surface area contributed by atoms with Gasteiger partial charge in [-0.1, -0.05) is 6.07 Å². The molecule has 2 rings (SSSR count). The number of rotatable bonds is 6. The number of carboxylic acids is 1. The molecule has 1 aromatic carbocycles. The lowest BCUT2D eigenvalue weighted by Gasteiger charge is -2.21. The number of carbonyl (C=O) groups is 2. The number of hydrogen-bond acceptors (Lipinski definition) is 4. The number of fused-ring (bicyclic) bond motifs is 1. The number of aryl methyl sites for hydroxylation is 1. The predicted molar refractivity (Wildman–Crippen MR) is 80.2 cm³/mol. The van der Waals surface area contributed by atoms with Crippen LogP contribution in [0.25, 0.3) is 0 Å². The highest BCUT2D eigenvalue weighted by molar-refractivity contribution is 5.86. The van der Waals surface area contributed by atoms with Gasteiger partial charge >= 0.3 is 5.97 Å².